The molecule has 0 atom stereocenters. The van der Waals surface area contributed by atoms with Gasteiger partial charge in [0.25, 0.3) is 5.91 Å². The topological polar surface area (TPSA) is 82.3 Å². The van der Waals surface area contributed by atoms with Crippen LogP contribution in [0.25, 0.3) is 0 Å². The first-order valence-corrected chi connectivity index (χ1v) is 6.72. The van der Waals surface area contributed by atoms with Crippen molar-refractivity contribution >= 4 is 27.5 Å². The molecule has 2 N–H and O–H groups in total. The Bertz CT molecular complexity index is 738. The fourth-order valence-corrected chi connectivity index (χ4v) is 2.10. The third-order valence-electron chi connectivity index (χ3n) is 2.80. The Morgan fingerprint density at radius 2 is 2.10 bits per heavy atom. The van der Waals surface area contributed by atoms with Gasteiger partial charge in [-0.1, -0.05) is 15.9 Å². The summed E-state index contributed by atoms with van der Waals surface area (Å²) < 4.78 is 5.70. The molecule has 0 aliphatic carbocycles. The molecule has 21 heavy (non-hydrogen) atoms. The molecule has 0 aliphatic heterocycles. The zero-order valence-corrected chi connectivity index (χ0v) is 12.6. The molecule has 0 saturated carbocycles. The van der Waals surface area contributed by atoms with Crippen LogP contribution < -0.4 is 10.1 Å². The van der Waals surface area contributed by atoms with Gasteiger partial charge in [-0.3, -0.25) is 4.79 Å². The highest BCUT2D eigenvalue weighted by Crippen LogP contribution is 2.26. The van der Waals surface area contributed by atoms with Gasteiger partial charge in [-0.2, -0.15) is 5.26 Å². The van der Waals surface area contributed by atoms with Crippen LogP contribution >= 0.6 is 15.9 Å². The number of hydrogen-bond donors (Lipinski definition) is 2. The first-order valence-electron chi connectivity index (χ1n) is 5.93. The number of anilines is 1. The lowest BCUT2D eigenvalue weighted by Crippen LogP contribution is -2.13. The van der Waals surface area contributed by atoms with Gasteiger partial charge >= 0.3 is 0 Å². The van der Waals surface area contributed by atoms with Crippen LogP contribution in [0.15, 0.2) is 40.9 Å². The van der Waals surface area contributed by atoms with Crippen LogP contribution in [-0.4, -0.2) is 18.1 Å². The number of benzene rings is 2. The number of nitrogens with one attached hydrogen (secondary N) is 1. The van der Waals surface area contributed by atoms with Crippen molar-refractivity contribution in [1.29, 1.82) is 5.26 Å². The number of carbonyl (C=O) groups excluding carboxylic acids is 1. The van der Waals surface area contributed by atoms with E-state index in [9.17, 15) is 9.90 Å². The molecule has 2 aromatic rings. The van der Waals surface area contributed by atoms with Crippen LogP contribution in [0.3, 0.4) is 0 Å². The molecule has 0 heterocycles. The summed E-state index contributed by atoms with van der Waals surface area (Å²) in [4.78, 5) is 12.2. The number of rotatable bonds is 3. The molecule has 0 spiro atoms. The van der Waals surface area contributed by atoms with Crippen molar-refractivity contribution in [3.8, 4) is 17.6 Å². The SMILES string of the molecule is COc1ccc(C(=O)Nc2ccc(Br)cc2C#N)c(O)c1. The Morgan fingerprint density at radius 3 is 2.71 bits per heavy atom. The molecule has 0 unspecified atom stereocenters. The van der Waals surface area contributed by atoms with E-state index in [0.717, 1.165) is 4.47 Å². The number of amides is 1. The first kappa shape index (κ1) is 14.9. The fourth-order valence-electron chi connectivity index (χ4n) is 1.74. The Kier molecular flexibility index (Phi) is 4.45. The number of nitriles is 1. The fraction of sp³-hybridized carbons (Fsp3) is 0.0667. The Balaban J connectivity index is 2.29. The maximum Gasteiger partial charge on any atom is 0.259 e. The minimum Gasteiger partial charge on any atom is -0.507 e. The van der Waals surface area contributed by atoms with Crippen molar-refractivity contribution in [1.82, 2.24) is 0 Å². The Hall–Kier alpha value is -2.52. The molecular formula is C15H11BrN2O3. The maximum absolute atomic E-state index is 12.2. The lowest BCUT2D eigenvalue weighted by molar-refractivity contribution is 0.102. The third-order valence-corrected chi connectivity index (χ3v) is 3.29. The number of nitrogens with zero attached hydrogens (tertiary/aromatic N) is 1. The quantitative estimate of drug-likeness (QED) is 0.893. The van der Waals surface area contributed by atoms with Gasteiger partial charge in [-0.25, -0.2) is 0 Å². The van der Waals surface area contributed by atoms with Gasteiger partial charge in [0.05, 0.1) is 23.9 Å². The molecule has 0 radical (unpaired) electrons. The number of ether oxygens (including phenoxy) is 1. The number of phenols is 1. The first-order chi connectivity index (χ1) is 10.0. The van der Waals surface area contributed by atoms with E-state index in [0.29, 0.717) is 17.0 Å². The summed E-state index contributed by atoms with van der Waals surface area (Å²) in [6.07, 6.45) is 0. The highest BCUT2D eigenvalue weighted by Gasteiger charge is 2.14. The smallest absolute Gasteiger partial charge is 0.259 e. The number of carbonyl (C=O) groups is 1. The second-order valence-corrected chi connectivity index (χ2v) is 5.05. The second kappa shape index (κ2) is 6.29. The molecule has 0 bridgehead atoms. The molecule has 0 aromatic heterocycles. The number of hydrogen-bond acceptors (Lipinski definition) is 4. The van der Waals surface area contributed by atoms with Crippen LogP contribution in [-0.2, 0) is 0 Å². The van der Waals surface area contributed by atoms with E-state index in [-0.39, 0.29) is 11.3 Å². The van der Waals surface area contributed by atoms with Gasteiger partial charge in [0.15, 0.2) is 0 Å². The standard InChI is InChI=1S/C15H11BrN2O3/c1-21-11-3-4-12(14(19)7-11)15(20)18-13-5-2-10(16)6-9(13)8-17/h2-7,19H,1H3,(H,18,20). The number of aromatic hydroxyl groups is 1. The van der Waals surface area contributed by atoms with Crippen LogP contribution in [0, 0.1) is 11.3 Å². The van der Waals surface area contributed by atoms with Crippen LogP contribution in [0.1, 0.15) is 15.9 Å². The Labute approximate surface area is 129 Å². The van der Waals surface area contributed by atoms with Gasteiger partial charge in [0.1, 0.15) is 17.6 Å². The van der Waals surface area contributed by atoms with E-state index in [1.807, 2.05) is 6.07 Å². The van der Waals surface area contributed by atoms with E-state index < -0.39 is 5.91 Å². The molecular weight excluding hydrogens is 336 g/mol. The average molecular weight is 347 g/mol. The summed E-state index contributed by atoms with van der Waals surface area (Å²) in [5.74, 6) is -0.248. The van der Waals surface area contributed by atoms with E-state index in [1.165, 1.54) is 19.2 Å². The predicted molar refractivity (Wildman–Crippen MR) is 81.5 cm³/mol. The number of halogens is 1. The van der Waals surface area contributed by atoms with Gasteiger partial charge in [-0.05, 0) is 30.3 Å². The van der Waals surface area contributed by atoms with Crippen molar-refractivity contribution in [3.63, 3.8) is 0 Å². The van der Waals surface area contributed by atoms with Crippen molar-refractivity contribution in [2.45, 2.75) is 0 Å². The predicted octanol–water partition coefficient (Wildman–Crippen LogP) is 3.29. The van der Waals surface area contributed by atoms with Gasteiger partial charge in [0.2, 0.25) is 0 Å². The number of methoxy groups -OCH3 is 1. The molecule has 2 aromatic carbocycles. The monoisotopic (exact) mass is 346 g/mol. The van der Waals surface area contributed by atoms with Crippen LogP contribution in [0.4, 0.5) is 5.69 Å². The third kappa shape index (κ3) is 3.33. The van der Waals surface area contributed by atoms with Crippen LogP contribution in [0.5, 0.6) is 11.5 Å². The lowest BCUT2D eigenvalue weighted by Gasteiger charge is -2.09. The van der Waals surface area contributed by atoms with Crippen molar-refractivity contribution in [3.05, 3.63) is 52.0 Å². The van der Waals surface area contributed by atoms with Gasteiger partial charge < -0.3 is 15.2 Å². The van der Waals surface area contributed by atoms with E-state index in [2.05, 4.69) is 21.2 Å². The van der Waals surface area contributed by atoms with Crippen molar-refractivity contribution in [2.75, 3.05) is 12.4 Å². The highest BCUT2D eigenvalue weighted by molar-refractivity contribution is 9.10. The molecule has 6 heteroatoms. The van der Waals surface area contributed by atoms with Gasteiger partial charge in [0, 0.05) is 10.5 Å². The summed E-state index contributed by atoms with van der Waals surface area (Å²) in [6, 6.07) is 11.3. The largest absolute Gasteiger partial charge is 0.507 e. The van der Waals surface area contributed by atoms with Crippen LogP contribution in [0.2, 0.25) is 0 Å². The molecule has 1 amide bonds. The molecule has 2 rings (SSSR count). The zero-order valence-electron chi connectivity index (χ0n) is 11.1. The number of phenolic OH excluding ortho intramolecular Hbond substituents is 1. The summed E-state index contributed by atoms with van der Waals surface area (Å²) in [6.45, 7) is 0. The average Bonchev–Trinajstić information content (AvgIpc) is 2.48. The van der Waals surface area contributed by atoms with E-state index in [1.54, 1.807) is 24.3 Å². The Morgan fingerprint density at radius 1 is 1.33 bits per heavy atom. The van der Waals surface area contributed by atoms with Crippen molar-refractivity contribution < 1.29 is 14.6 Å². The molecule has 0 saturated heterocycles. The lowest BCUT2D eigenvalue weighted by atomic mass is 10.1. The molecule has 106 valence electrons. The summed E-state index contributed by atoms with van der Waals surface area (Å²) >= 11 is 3.26. The van der Waals surface area contributed by atoms with Crippen molar-refractivity contribution in [2.24, 2.45) is 0 Å². The maximum atomic E-state index is 12.2. The second-order valence-electron chi connectivity index (χ2n) is 4.14. The summed E-state index contributed by atoms with van der Waals surface area (Å²) in [5, 5.41) is 21.5. The minimum atomic E-state index is -0.506. The summed E-state index contributed by atoms with van der Waals surface area (Å²) in [7, 11) is 1.47. The molecule has 5 nitrogen and oxygen atoms in total. The normalized spacial score (nSPS) is 9.76. The molecule has 0 aliphatic rings. The minimum absolute atomic E-state index is 0.0996. The molecule has 0 fully saturated rings. The summed E-state index contributed by atoms with van der Waals surface area (Å²) in [5.41, 5.74) is 0.800. The van der Waals surface area contributed by atoms with E-state index >= 15 is 0 Å². The van der Waals surface area contributed by atoms with Gasteiger partial charge in [-0.15, -0.1) is 0 Å². The van der Waals surface area contributed by atoms with E-state index in [4.69, 9.17) is 10.00 Å². The highest BCUT2D eigenvalue weighted by atomic mass is 79.9. The zero-order chi connectivity index (χ0) is 15.4.